The van der Waals surface area contributed by atoms with Crippen molar-refractivity contribution in [1.82, 2.24) is 4.98 Å². The Morgan fingerprint density at radius 3 is 2.24 bits per heavy atom. The number of halogens is 4. The number of rotatable bonds is 7. The second-order valence-electron chi connectivity index (χ2n) is 8.10. The molecule has 1 saturated carbocycles. The Kier molecular flexibility index (Phi) is 6.47. The number of aromatic nitrogens is 1. The van der Waals surface area contributed by atoms with Crippen LogP contribution in [0.1, 0.15) is 47.2 Å². The molecule has 1 N–H and O–H groups in total. The summed E-state index contributed by atoms with van der Waals surface area (Å²) in [6, 6.07) is 14.7. The van der Waals surface area contributed by atoms with Crippen molar-refractivity contribution < 1.29 is 27.5 Å². The zero-order chi connectivity index (χ0) is 23.6. The third-order valence-electron chi connectivity index (χ3n) is 5.68. The lowest BCUT2D eigenvalue weighted by molar-refractivity contribution is -0.137. The first-order chi connectivity index (χ1) is 15.7. The lowest BCUT2D eigenvalue weighted by Gasteiger charge is -2.26. The summed E-state index contributed by atoms with van der Waals surface area (Å²) in [5.41, 5.74) is 1.51. The minimum absolute atomic E-state index is 0.0955. The van der Waals surface area contributed by atoms with Crippen molar-refractivity contribution in [2.75, 3.05) is 11.4 Å². The number of alkyl halides is 3. The average molecular weight is 458 g/mol. The fraction of sp³-hybridized carbons (Fsp3) is 0.280. The van der Waals surface area contributed by atoms with Crippen LogP contribution in [0.4, 0.5) is 23.2 Å². The van der Waals surface area contributed by atoms with Crippen molar-refractivity contribution in [2.24, 2.45) is 0 Å². The number of carbonyl (C=O) groups excluding carboxylic acids is 1. The number of nitrogens with zero attached hydrogens (tertiary/aromatic N) is 2. The molecule has 1 fully saturated rings. The topological polar surface area (TPSA) is 53.4 Å². The maximum Gasteiger partial charge on any atom is 0.417 e. The zero-order valence-electron chi connectivity index (χ0n) is 17.6. The lowest BCUT2D eigenvalue weighted by Crippen LogP contribution is -2.37. The van der Waals surface area contributed by atoms with Crippen LogP contribution in [0.5, 0.6) is 0 Å². The maximum atomic E-state index is 13.2. The minimum atomic E-state index is -4.48. The second-order valence-corrected chi connectivity index (χ2v) is 8.10. The fourth-order valence-electron chi connectivity index (χ4n) is 3.61. The molecule has 4 nitrogen and oxygen atoms in total. The minimum Gasteiger partial charge on any atom is -0.378 e. The van der Waals surface area contributed by atoms with Gasteiger partial charge in [0.05, 0.1) is 5.56 Å². The number of benzene rings is 2. The number of amides is 1. The van der Waals surface area contributed by atoms with Gasteiger partial charge in [0.15, 0.2) is 6.10 Å². The Balaban J connectivity index is 1.55. The quantitative estimate of drug-likeness (QED) is 0.481. The Bertz CT molecular complexity index is 1090. The molecule has 0 unspecified atom stereocenters. The predicted molar refractivity (Wildman–Crippen MR) is 115 cm³/mol. The molecule has 0 radical (unpaired) electrons. The van der Waals surface area contributed by atoms with Gasteiger partial charge in [0.1, 0.15) is 5.82 Å². The van der Waals surface area contributed by atoms with E-state index in [9.17, 15) is 27.5 Å². The summed E-state index contributed by atoms with van der Waals surface area (Å²) in [5.74, 6) is -0.573. The van der Waals surface area contributed by atoms with E-state index in [4.69, 9.17) is 0 Å². The molecule has 2 aromatic carbocycles. The summed E-state index contributed by atoms with van der Waals surface area (Å²) in [7, 11) is 0. The molecule has 8 heteroatoms. The average Bonchev–Trinajstić information content (AvgIpc) is 3.65. The van der Waals surface area contributed by atoms with Gasteiger partial charge >= 0.3 is 6.18 Å². The van der Waals surface area contributed by atoms with Crippen LogP contribution in [0.3, 0.4) is 0 Å². The maximum absolute atomic E-state index is 13.2. The van der Waals surface area contributed by atoms with Gasteiger partial charge in [-0.1, -0.05) is 24.3 Å². The summed E-state index contributed by atoms with van der Waals surface area (Å²) < 4.78 is 51.6. The normalized spacial score (nSPS) is 14.7. The van der Waals surface area contributed by atoms with Crippen LogP contribution in [0.25, 0.3) is 0 Å². The molecule has 1 heterocycles. The van der Waals surface area contributed by atoms with E-state index < -0.39 is 29.6 Å². The summed E-state index contributed by atoms with van der Waals surface area (Å²) in [6.07, 6.45) is -2.79. The lowest BCUT2D eigenvalue weighted by atomic mass is 10.1. The van der Waals surface area contributed by atoms with Gasteiger partial charge in [-0.2, -0.15) is 13.2 Å². The zero-order valence-corrected chi connectivity index (χ0v) is 17.6. The van der Waals surface area contributed by atoms with E-state index >= 15 is 0 Å². The van der Waals surface area contributed by atoms with Crippen LogP contribution in [0, 0.1) is 5.82 Å². The first kappa shape index (κ1) is 22.9. The van der Waals surface area contributed by atoms with E-state index in [0.717, 1.165) is 37.2 Å². The smallest absolute Gasteiger partial charge is 0.378 e. The van der Waals surface area contributed by atoms with Crippen LogP contribution in [-0.4, -0.2) is 22.5 Å². The number of aliphatic hydroxyl groups is 1. The van der Waals surface area contributed by atoms with Gasteiger partial charge in [-0.05, 0) is 66.3 Å². The van der Waals surface area contributed by atoms with E-state index in [2.05, 4.69) is 4.98 Å². The molecule has 33 heavy (non-hydrogen) atoms. The summed E-state index contributed by atoms with van der Waals surface area (Å²) >= 11 is 0. The first-order valence-corrected chi connectivity index (χ1v) is 10.6. The number of hydrogen-bond acceptors (Lipinski definition) is 3. The highest BCUT2D eigenvalue weighted by Gasteiger charge is 2.31. The molecular formula is C25H22F4N2O2. The van der Waals surface area contributed by atoms with Gasteiger partial charge in [0.2, 0.25) is 0 Å². The van der Waals surface area contributed by atoms with E-state index in [1.807, 2.05) is 12.1 Å². The monoisotopic (exact) mass is 458 g/mol. The Morgan fingerprint density at radius 1 is 1.03 bits per heavy atom. The van der Waals surface area contributed by atoms with Gasteiger partial charge in [0, 0.05) is 30.5 Å². The highest BCUT2D eigenvalue weighted by Crippen LogP contribution is 2.40. The van der Waals surface area contributed by atoms with Crippen molar-refractivity contribution in [3.05, 3.63) is 95.1 Å². The molecule has 4 rings (SSSR count). The van der Waals surface area contributed by atoms with Crippen LogP contribution < -0.4 is 4.90 Å². The molecule has 0 saturated heterocycles. The van der Waals surface area contributed by atoms with Crippen LogP contribution in [0.15, 0.2) is 66.9 Å². The molecule has 1 aromatic heterocycles. The number of carbonyl (C=O) groups is 1. The van der Waals surface area contributed by atoms with Gasteiger partial charge in [-0.25, -0.2) is 4.39 Å². The molecule has 1 amide bonds. The first-order valence-electron chi connectivity index (χ1n) is 10.6. The van der Waals surface area contributed by atoms with Gasteiger partial charge in [-0.3, -0.25) is 9.78 Å². The Morgan fingerprint density at radius 2 is 1.70 bits per heavy atom. The summed E-state index contributed by atoms with van der Waals surface area (Å²) in [5, 5.41) is 10.6. The third kappa shape index (κ3) is 5.57. The predicted octanol–water partition coefficient (Wildman–Crippen LogP) is 5.43. The van der Waals surface area contributed by atoms with Gasteiger partial charge in [0.25, 0.3) is 5.91 Å². The molecule has 3 aromatic rings. The Labute approximate surface area is 188 Å². The van der Waals surface area contributed by atoms with Crippen LogP contribution in [-0.2, 0) is 17.4 Å². The van der Waals surface area contributed by atoms with E-state index in [0.29, 0.717) is 17.3 Å². The van der Waals surface area contributed by atoms with Crippen molar-refractivity contribution in [1.29, 1.82) is 0 Å². The molecular weight excluding hydrogens is 436 g/mol. The number of hydrogen-bond donors (Lipinski definition) is 1. The van der Waals surface area contributed by atoms with Crippen LogP contribution in [0.2, 0.25) is 0 Å². The SMILES string of the molecule is O=C([C@@H](O)c1ccc(F)cc1)N(CCc1ccc(C(F)(F)F)cn1)c1ccc(C2CC2)cc1. The molecule has 0 spiro atoms. The molecule has 1 atom stereocenters. The highest BCUT2D eigenvalue weighted by atomic mass is 19.4. The standard InChI is InChI=1S/C25H22F4N2O2/c26-20-8-3-18(4-9-20)23(32)24(33)31(22-11-5-17(6-12-22)16-1-2-16)14-13-21-10-7-19(15-30-21)25(27,28)29/h3-12,15-16,23,32H,1-2,13-14H2/t23-/m0/s1. The van der Waals surface area contributed by atoms with Crippen molar-refractivity contribution in [2.45, 2.75) is 37.5 Å². The highest BCUT2D eigenvalue weighted by molar-refractivity contribution is 5.97. The van der Waals surface area contributed by atoms with Crippen molar-refractivity contribution in [3.8, 4) is 0 Å². The summed E-state index contributed by atoms with van der Waals surface area (Å²) in [4.78, 5) is 18.4. The summed E-state index contributed by atoms with van der Waals surface area (Å²) in [6.45, 7) is 0.0955. The molecule has 0 aliphatic heterocycles. The van der Waals surface area contributed by atoms with Crippen molar-refractivity contribution in [3.63, 3.8) is 0 Å². The number of aliphatic hydroxyl groups excluding tert-OH is 1. The van der Waals surface area contributed by atoms with Gasteiger partial charge in [-0.15, -0.1) is 0 Å². The molecule has 0 bridgehead atoms. The second kappa shape index (κ2) is 9.31. The Hall–Kier alpha value is -3.26. The number of pyridine rings is 1. The number of anilines is 1. The van der Waals surface area contributed by atoms with E-state index in [1.165, 1.54) is 28.7 Å². The molecule has 172 valence electrons. The molecule has 1 aliphatic carbocycles. The van der Waals surface area contributed by atoms with Crippen LogP contribution >= 0.6 is 0 Å². The largest absolute Gasteiger partial charge is 0.417 e. The van der Waals surface area contributed by atoms with E-state index in [1.54, 1.807) is 12.1 Å². The fourth-order valence-corrected chi connectivity index (χ4v) is 3.61. The molecule has 1 aliphatic rings. The van der Waals surface area contributed by atoms with Crippen molar-refractivity contribution >= 4 is 11.6 Å². The van der Waals surface area contributed by atoms with E-state index in [-0.39, 0.29) is 18.5 Å². The van der Waals surface area contributed by atoms with Gasteiger partial charge < -0.3 is 10.0 Å². The third-order valence-corrected chi connectivity index (χ3v) is 5.68.